The Labute approximate surface area is 92.2 Å². The summed E-state index contributed by atoms with van der Waals surface area (Å²) in [6.07, 6.45) is -4.40. The molecule has 1 aromatic carbocycles. The van der Waals surface area contributed by atoms with Crippen LogP contribution in [0.4, 0.5) is 18.9 Å². The number of alkyl halides is 4. The Morgan fingerprint density at radius 3 is 2.36 bits per heavy atom. The first kappa shape index (κ1) is 11.7. The predicted molar refractivity (Wildman–Crippen MR) is 53.5 cm³/mol. The first-order valence-corrected chi connectivity index (χ1v) is 5.08. The van der Waals surface area contributed by atoms with Crippen molar-refractivity contribution in [1.29, 1.82) is 0 Å². The summed E-state index contributed by atoms with van der Waals surface area (Å²) in [5.74, 6) is 0. The predicted octanol–water partition coefficient (Wildman–Crippen LogP) is 3.84. The molecule has 6 heteroatoms. The van der Waals surface area contributed by atoms with Crippen LogP contribution in [0.25, 0.3) is 0 Å². The third-order valence-electron chi connectivity index (χ3n) is 1.71. The molecule has 1 aromatic rings. The van der Waals surface area contributed by atoms with E-state index in [0.717, 1.165) is 12.1 Å². The number of nitrogens with two attached hydrogens (primary N) is 1. The van der Waals surface area contributed by atoms with Crippen LogP contribution in [0.2, 0.25) is 5.02 Å². The van der Waals surface area contributed by atoms with Crippen LogP contribution in [0.5, 0.6) is 0 Å². The molecule has 0 aliphatic carbocycles. The maximum absolute atomic E-state index is 12.4. The Morgan fingerprint density at radius 1 is 1.36 bits per heavy atom. The molecule has 0 unspecified atom stereocenters. The van der Waals surface area contributed by atoms with Gasteiger partial charge in [-0.1, -0.05) is 27.5 Å². The molecular formula is C8H6BrClF3N. The highest BCUT2D eigenvalue weighted by molar-refractivity contribution is 9.08. The topological polar surface area (TPSA) is 26.0 Å². The fraction of sp³-hybridized carbons (Fsp3) is 0.250. The van der Waals surface area contributed by atoms with Crippen LogP contribution in [0.15, 0.2) is 12.1 Å². The molecule has 0 spiro atoms. The van der Waals surface area contributed by atoms with Crippen LogP contribution in [0.3, 0.4) is 0 Å². The Hall–Kier alpha value is -0.420. The molecule has 78 valence electrons. The van der Waals surface area contributed by atoms with Gasteiger partial charge in [-0.15, -0.1) is 0 Å². The van der Waals surface area contributed by atoms with Gasteiger partial charge in [0.05, 0.1) is 16.3 Å². The van der Waals surface area contributed by atoms with E-state index in [1.165, 1.54) is 0 Å². The van der Waals surface area contributed by atoms with Crippen LogP contribution in [-0.2, 0) is 11.5 Å². The van der Waals surface area contributed by atoms with Gasteiger partial charge < -0.3 is 5.73 Å². The van der Waals surface area contributed by atoms with E-state index in [4.69, 9.17) is 17.3 Å². The van der Waals surface area contributed by atoms with Gasteiger partial charge in [-0.05, 0) is 17.7 Å². The second-order valence-electron chi connectivity index (χ2n) is 2.63. The molecule has 0 radical (unpaired) electrons. The minimum absolute atomic E-state index is 0.0196. The van der Waals surface area contributed by atoms with Gasteiger partial charge in [0.2, 0.25) is 0 Å². The van der Waals surface area contributed by atoms with Crippen molar-refractivity contribution < 1.29 is 13.2 Å². The molecule has 0 aliphatic rings. The van der Waals surface area contributed by atoms with Gasteiger partial charge in [0.15, 0.2) is 0 Å². The second kappa shape index (κ2) is 3.98. The van der Waals surface area contributed by atoms with Gasteiger partial charge in [0.1, 0.15) is 0 Å². The zero-order valence-corrected chi connectivity index (χ0v) is 9.17. The van der Waals surface area contributed by atoms with Crippen molar-refractivity contribution in [3.63, 3.8) is 0 Å². The molecule has 0 saturated heterocycles. The molecule has 1 rings (SSSR count). The van der Waals surface area contributed by atoms with Gasteiger partial charge in [0.25, 0.3) is 0 Å². The summed E-state index contributed by atoms with van der Waals surface area (Å²) < 4.78 is 37.3. The lowest BCUT2D eigenvalue weighted by Gasteiger charge is -2.13. The molecular weight excluding hydrogens is 282 g/mol. The van der Waals surface area contributed by atoms with E-state index in [0.29, 0.717) is 0 Å². The van der Waals surface area contributed by atoms with Crippen molar-refractivity contribution in [2.24, 2.45) is 0 Å². The third kappa shape index (κ3) is 2.15. The standard InChI is InChI=1S/C8H6BrClF3N/c9-3-4-5(8(11,12)13)1-2-6(14)7(4)10/h1-2H,3,14H2. The van der Waals surface area contributed by atoms with Crippen molar-refractivity contribution in [3.05, 3.63) is 28.3 Å². The van der Waals surface area contributed by atoms with Crippen LogP contribution >= 0.6 is 27.5 Å². The highest BCUT2D eigenvalue weighted by Gasteiger charge is 2.34. The summed E-state index contributed by atoms with van der Waals surface area (Å²) in [7, 11) is 0. The zero-order chi connectivity index (χ0) is 10.9. The number of anilines is 1. The average Bonchev–Trinajstić information content (AvgIpc) is 2.07. The number of nitrogen functional groups attached to an aromatic ring is 1. The zero-order valence-electron chi connectivity index (χ0n) is 6.83. The van der Waals surface area contributed by atoms with E-state index >= 15 is 0 Å². The Morgan fingerprint density at radius 2 is 1.93 bits per heavy atom. The van der Waals surface area contributed by atoms with Gasteiger partial charge >= 0.3 is 6.18 Å². The minimum Gasteiger partial charge on any atom is -0.398 e. The summed E-state index contributed by atoms with van der Waals surface area (Å²) in [5, 5.41) is -0.0252. The van der Waals surface area contributed by atoms with Crippen molar-refractivity contribution in [2.45, 2.75) is 11.5 Å². The van der Waals surface area contributed by atoms with Crippen LogP contribution in [0, 0.1) is 0 Å². The molecule has 14 heavy (non-hydrogen) atoms. The van der Waals surface area contributed by atoms with Crippen molar-refractivity contribution >= 4 is 33.2 Å². The number of hydrogen-bond donors (Lipinski definition) is 1. The van der Waals surface area contributed by atoms with Crippen LogP contribution < -0.4 is 5.73 Å². The maximum Gasteiger partial charge on any atom is 0.416 e. The SMILES string of the molecule is Nc1ccc(C(F)(F)F)c(CBr)c1Cl. The lowest BCUT2D eigenvalue weighted by molar-refractivity contribution is -0.138. The molecule has 0 aliphatic heterocycles. The van der Waals surface area contributed by atoms with Crippen molar-refractivity contribution in [3.8, 4) is 0 Å². The maximum atomic E-state index is 12.4. The van der Waals surface area contributed by atoms with Crippen molar-refractivity contribution in [1.82, 2.24) is 0 Å². The Bertz CT molecular complexity index is 351. The van der Waals surface area contributed by atoms with E-state index in [1.54, 1.807) is 0 Å². The Balaban J connectivity index is 3.39. The summed E-state index contributed by atoms with van der Waals surface area (Å²) >= 11 is 8.60. The largest absolute Gasteiger partial charge is 0.416 e. The van der Waals surface area contributed by atoms with Crippen LogP contribution in [0.1, 0.15) is 11.1 Å². The van der Waals surface area contributed by atoms with E-state index in [2.05, 4.69) is 15.9 Å². The molecule has 0 fully saturated rings. The molecule has 0 aromatic heterocycles. The van der Waals surface area contributed by atoms with Gasteiger partial charge in [-0.25, -0.2) is 0 Å². The summed E-state index contributed by atoms with van der Waals surface area (Å²) in [6, 6.07) is 2.08. The lowest BCUT2D eigenvalue weighted by Crippen LogP contribution is -2.09. The molecule has 0 heterocycles. The van der Waals surface area contributed by atoms with Gasteiger partial charge in [-0.3, -0.25) is 0 Å². The first-order chi connectivity index (χ1) is 6.38. The second-order valence-corrected chi connectivity index (χ2v) is 3.56. The molecule has 0 amide bonds. The van der Waals surface area contributed by atoms with E-state index in [1.807, 2.05) is 0 Å². The third-order valence-corrected chi connectivity index (χ3v) is 2.72. The summed E-state index contributed by atoms with van der Waals surface area (Å²) in [5.41, 5.74) is 4.75. The van der Waals surface area contributed by atoms with E-state index < -0.39 is 11.7 Å². The number of benzene rings is 1. The quantitative estimate of drug-likeness (QED) is 0.617. The highest BCUT2D eigenvalue weighted by Crippen LogP contribution is 2.38. The smallest absolute Gasteiger partial charge is 0.398 e. The summed E-state index contributed by atoms with van der Waals surface area (Å²) in [4.78, 5) is 0. The average molecular weight is 288 g/mol. The fourth-order valence-electron chi connectivity index (χ4n) is 1.04. The Kier molecular flexibility index (Phi) is 3.32. The molecule has 1 nitrogen and oxygen atoms in total. The van der Waals surface area contributed by atoms with E-state index in [-0.39, 0.29) is 21.6 Å². The molecule has 0 atom stereocenters. The van der Waals surface area contributed by atoms with E-state index in [9.17, 15) is 13.2 Å². The van der Waals surface area contributed by atoms with Crippen LogP contribution in [-0.4, -0.2) is 0 Å². The van der Waals surface area contributed by atoms with Gasteiger partial charge in [-0.2, -0.15) is 13.2 Å². The minimum atomic E-state index is -4.40. The first-order valence-electron chi connectivity index (χ1n) is 3.58. The highest BCUT2D eigenvalue weighted by atomic mass is 79.9. The molecule has 0 bridgehead atoms. The summed E-state index contributed by atoms with van der Waals surface area (Å²) in [6.45, 7) is 0. The molecule has 0 saturated carbocycles. The fourth-order valence-corrected chi connectivity index (χ4v) is 2.01. The number of hydrogen-bond acceptors (Lipinski definition) is 1. The van der Waals surface area contributed by atoms with Gasteiger partial charge in [0, 0.05) is 5.33 Å². The molecule has 2 N–H and O–H groups in total. The number of rotatable bonds is 1. The normalized spacial score (nSPS) is 11.8. The monoisotopic (exact) mass is 287 g/mol. The number of halogens is 5. The van der Waals surface area contributed by atoms with Crippen molar-refractivity contribution in [2.75, 3.05) is 5.73 Å². The lowest BCUT2D eigenvalue weighted by atomic mass is 10.1.